The molecule has 0 aliphatic carbocycles. The lowest BCUT2D eigenvalue weighted by Crippen LogP contribution is -2.24. The molecule has 0 aromatic heterocycles. The zero-order valence-corrected chi connectivity index (χ0v) is 19.9. The van der Waals surface area contributed by atoms with Gasteiger partial charge in [-0.15, -0.1) is 0 Å². The van der Waals surface area contributed by atoms with Crippen LogP contribution in [0.5, 0.6) is 5.75 Å². The molecule has 4 aromatic rings. The van der Waals surface area contributed by atoms with E-state index < -0.39 is 23.6 Å². The summed E-state index contributed by atoms with van der Waals surface area (Å²) in [5.41, 5.74) is 5.51. The molecular formula is C27H21ClF3N3O3. The highest BCUT2D eigenvalue weighted by atomic mass is 35.5. The van der Waals surface area contributed by atoms with Crippen molar-refractivity contribution in [1.29, 1.82) is 5.41 Å². The van der Waals surface area contributed by atoms with Crippen molar-refractivity contribution in [3.8, 4) is 5.75 Å². The SMILES string of the molecule is N=Cc1ccc(C(=O)NCc2ccccc2C(F)(F)F)c2ccccc12.NC(=O)c1ccc(O)c(Cl)c1. The van der Waals surface area contributed by atoms with Crippen molar-refractivity contribution in [3.63, 3.8) is 0 Å². The number of benzene rings is 4. The van der Waals surface area contributed by atoms with Gasteiger partial charge in [-0.1, -0.05) is 60.1 Å². The average Bonchev–Trinajstić information content (AvgIpc) is 2.88. The smallest absolute Gasteiger partial charge is 0.416 e. The summed E-state index contributed by atoms with van der Waals surface area (Å²) in [5.74, 6) is -1.08. The monoisotopic (exact) mass is 527 g/mol. The number of carbonyl (C=O) groups excluding carboxylic acids is 2. The first-order chi connectivity index (χ1) is 17.5. The molecule has 2 amide bonds. The first-order valence-electron chi connectivity index (χ1n) is 10.8. The van der Waals surface area contributed by atoms with Crippen molar-refractivity contribution in [2.24, 2.45) is 5.73 Å². The van der Waals surface area contributed by atoms with Crippen LogP contribution >= 0.6 is 11.6 Å². The molecule has 4 rings (SSSR count). The minimum Gasteiger partial charge on any atom is -0.506 e. The fourth-order valence-electron chi connectivity index (χ4n) is 3.53. The Kier molecular flexibility index (Phi) is 8.52. The third-order valence-electron chi connectivity index (χ3n) is 5.35. The van der Waals surface area contributed by atoms with Crippen molar-refractivity contribution in [1.82, 2.24) is 5.32 Å². The van der Waals surface area contributed by atoms with Crippen molar-refractivity contribution in [2.45, 2.75) is 12.7 Å². The Balaban J connectivity index is 0.000000289. The lowest BCUT2D eigenvalue weighted by atomic mass is 9.99. The van der Waals surface area contributed by atoms with E-state index >= 15 is 0 Å². The van der Waals surface area contributed by atoms with E-state index in [1.807, 2.05) is 0 Å². The first-order valence-corrected chi connectivity index (χ1v) is 11.1. The van der Waals surface area contributed by atoms with Gasteiger partial charge in [-0.05, 0) is 52.2 Å². The minimum atomic E-state index is -4.47. The van der Waals surface area contributed by atoms with Gasteiger partial charge in [0.2, 0.25) is 5.91 Å². The van der Waals surface area contributed by atoms with Gasteiger partial charge in [0.05, 0.1) is 10.6 Å². The number of hydrogen-bond acceptors (Lipinski definition) is 4. The Bertz CT molecular complexity index is 1470. The zero-order chi connectivity index (χ0) is 27.2. The highest BCUT2D eigenvalue weighted by molar-refractivity contribution is 6.32. The van der Waals surface area contributed by atoms with Crippen LogP contribution in [0.1, 0.15) is 37.4 Å². The molecule has 4 aromatic carbocycles. The third kappa shape index (κ3) is 6.65. The Morgan fingerprint density at radius 3 is 2.24 bits per heavy atom. The number of phenolic OH excluding ortho intramolecular Hbond substituents is 1. The fourth-order valence-corrected chi connectivity index (χ4v) is 3.71. The molecule has 0 fully saturated rings. The molecule has 190 valence electrons. The van der Waals surface area contributed by atoms with E-state index in [9.17, 15) is 22.8 Å². The van der Waals surface area contributed by atoms with Crippen LogP contribution in [0.15, 0.2) is 78.9 Å². The predicted molar refractivity (Wildman–Crippen MR) is 136 cm³/mol. The summed E-state index contributed by atoms with van der Waals surface area (Å²) in [6, 6.07) is 19.6. The number of carbonyl (C=O) groups is 2. The molecule has 0 bridgehead atoms. The molecule has 37 heavy (non-hydrogen) atoms. The van der Waals surface area contributed by atoms with Crippen molar-refractivity contribution >= 4 is 40.4 Å². The van der Waals surface area contributed by atoms with E-state index in [0.717, 1.165) is 11.5 Å². The Morgan fingerprint density at radius 1 is 0.973 bits per heavy atom. The second kappa shape index (κ2) is 11.6. The average molecular weight is 528 g/mol. The number of phenols is 1. The molecule has 0 aliphatic rings. The van der Waals surface area contributed by atoms with Gasteiger partial charge in [0.25, 0.3) is 5.91 Å². The van der Waals surface area contributed by atoms with Gasteiger partial charge in [-0.2, -0.15) is 13.2 Å². The molecule has 10 heteroatoms. The fraction of sp³-hybridized carbons (Fsp3) is 0.0741. The van der Waals surface area contributed by atoms with Gasteiger partial charge in [0.15, 0.2) is 0 Å². The zero-order valence-electron chi connectivity index (χ0n) is 19.1. The van der Waals surface area contributed by atoms with Gasteiger partial charge in [-0.3, -0.25) is 9.59 Å². The molecule has 0 radical (unpaired) electrons. The van der Waals surface area contributed by atoms with E-state index in [4.69, 9.17) is 27.9 Å². The molecule has 0 unspecified atom stereocenters. The number of nitrogens with one attached hydrogen (secondary N) is 2. The van der Waals surface area contributed by atoms with Crippen LogP contribution in [-0.4, -0.2) is 23.1 Å². The summed E-state index contributed by atoms with van der Waals surface area (Å²) in [5, 5.41) is 20.5. The standard InChI is InChI=1S/C20H15F3N2O.C7H6ClNO2/c21-20(22,23)18-8-4-1-5-14(18)12-25-19(26)17-10-9-13(11-24)15-6-2-3-7-16(15)17;8-5-3-4(7(9)11)1-2-6(5)10/h1-11,24H,12H2,(H,25,26);1-3,10H,(H2,9,11). The normalized spacial score (nSPS) is 10.8. The van der Waals surface area contributed by atoms with Crippen LogP contribution in [0.2, 0.25) is 5.02 Å². The molecule has 5 N–H and O–H groups in total. The number of primary amides is 1. The minimum absolute atomic E-state index is 0.00812. The van der Waals surface area contributed by atoms with Crippen molar-refractivity contribution in [3.05, 3.63) is 112 Å². The maximum Gasteiger partial charge on any atom is 0.416 e. The van der Waals surface area contributed by atoms with E-state index in [0.29, 0.717) is 16.5 Å². The number of hydrogen-bond donors (Lipinski definition) is 4. The lowest BCUT2D eigenvalue weighted by molar-refractivity contribution is -0.138. The van der Waals surface area contributed by atoms with Crippen LogP contribution in [0.25, 0.3) is 10.8 Å². The molecular weight excluding hydrogens is 507 g/mol. The first kappa shape index (κ1) is 27.2. The largest absolute Gasteiger partial charge is 0.506 e. The lowest BCUT2D eigenvalue weighted by Gasteiger charge is -2.14. The highest BCUT2D eigenvalue weighted by Crippen LogP contribution is 2.32. The number of aromatic hydroxyl groups is 1. The molecule has 0 atom stereocenters. The van der Waals surface area contributed by atoms with Gasteiger partial charge in [0.1, 0.15) is 5.75 Å². The number of alkyl halides is 3. The number of halogens is 4. The van der Waals surface area contributed by atoms with Gasteiger partial charge < -0.3 is 21.6 Å². The van der Waals surface area contributed by atoms with Crippen molar-refractivity contribution < 1.29 is 27.9 Å². The van der Waals surface area contributed by atoms with Crippen molar-refractivity contribution in [2.75, 3.05) is 0 Å². The Hall–Kier alpha value is -4.37. The van der Waals surface area contributed by atoms with E-state index in [1.54, 1.807) is 36.4 Å². The molecule has 0 spiro atoms. The summed E-state index contributed by atoms with van der Waals surface area (Å²) in [6.45, 7) is -0.227. The number of amides is 2. The van der Waals surface area contributed by atoms with Gasteiger partial charge in [0, 0.05) is 23.9 Å². The van der Waals surface area contributed by atoms with Gasteiger partial charge >= 0.3 is 6.18 Å². The van der Waals surface area contributed by atoms with Crippen LogP contribution in [0.4, 0.5) is 13.2 Å². The molecule has 0 saturated carbocycles. The summed E-state index contributed by atoms with van der Waals surface area (Å²) < 4.78 is 39.2. The molecule has 0 aliphatic heterocycles. The van der Waals surface area contributed by atoms with Gasteiger partial charge in [-0.25, -0.2) is 0 Å². The number of rotatable bonds is 5. The quantitative estimate of drug-likeness (QED) is 0.241. The second-order valence-electron chi connectivity index (χ2n) is 7.76. The number of fused-ring (bicyclic) bond motifs is 1. The Labute approximate surface area is 215 Å². The molecule has 0 saturated heterocycles. The maximum atomic E-state index is 13.1. The predicted octanol–water partition coefficient (Wildman–Crippen LogP) is 5.93. The summed E-state index contributed by atoms with van der Waals surface area (Å²) >= 11 is 5.50. The summed E-state index contributed by atoms with van der Waals surface area (Å²) in [7, 11) is 0. The van der Waals surface area contributed by atoms with E-state index in [-0.39, 0.29) is 28.4 Å². The maximum absolute atomic E-state index is 13.1. The van der Waals surface area contributed by atoms with Crippen LogP contribution in [-0.2, 0) is 12.7 Å². The highest BCUT2D eigenvalue weighted by Gasteiger charge is 2.32. The van der Waals surface area contributed by atoms with Crippen LogP contribution in [0, 0.1) is 5.41 Å². The Morgan fingerprint density at radius 2 is 1.62 bits per heavy atom. The molecule has 0 heterocycles. The summed E-state index contributed by atoms with van der Waals surface area (Å²) in [4.78, 5) is 23.1. The van der Waals surface area contributed by atoms with E-state index in [2.05, 4.69) is 5.32 Å². The van der Waals surface area contributed by atoms with Crippen LogP contribution in [0.3, 0.4) is 0 Å². The van der Waals surface area contributed by atoms with E-state index in [1.165, 1.54) is 42.6 Å². The summed E-state index contributed by atoms with van der Waals surface area (Å²) in [6.07, 6.45) is -3.27. The molecule has 6 nitrogen and oxygen atoms in total. The topological polar surface area (TPSA) is 116 Å². The third-order valence-corrected chi connectivity index (χ3v) is 5.66. The van der Waals surface area contributed by atoms with Crippen LogP contribution < -0.4 is 11.1 Å². The second-order valence-corrected chi connectivity index (χ2v) is 8.17. The number of nitrogens with two attached hydrogens (primary N) is 1.